The minimum Gasteiger partial charge on any atom is -0.496 e. The Labute approximate surface area is 169 Å². The number of benzene rings is 2. The molecule has 146 valence electrons. The van der Waals surface area contributed by atoms with Crippen molar-refractivity contribution in [2.45, 2.75) is 18.4 Å². The molecule has 1 N–H and O–H groups in total. The highest BCUT2D eigenvalue weighted by atomic mass is 16.5. The topological polar surface area (TPSA) is 79.9 Å². The molecule has 4 rings (SSSR count). The normalized spacial score (nSPS) is 18.5. The smallest absolute Gasteiger partial charge is 0.224 e. The van der Waals surface area contributed by atoms with Crippen LogP contribution in [0.1, 0.15) is 40.9 Å². The summed E-state index contributed by atoms with van der Waals surface area (Å²) in [7, 11) is 3.53. The average Bonchev–Trinajstić information content (AvgIpc) is 3.46. The molecule has 3 unspecified atom stereocenters. The lowest BCUT2D eigenvalue weighted by Gasteiger charge is -2.21. The molecule has 3 aromatic rings. The quantitative estimate of drug-likeness (QED) is 0.705. The van der Waals surface area contributed by atoms with Crippen molar-refractivity contribution < 1.29 is 9.53 Å². The molecule has 1 aliphatic rings. The van der Waals surface area contributed by atoms with E-state index in [0.717, 1.165) is 23.4 Å². The van der Waals surface area contributed by atoms with Crippen molar-refractivity contribution in [3.8, 4) is 11.8 Å². The number of carbonyl (C=O) groups is 1. The molecule has 6 nitrogen and oxygen atoms in total. The molecule has 1 aliphatic carbocycles. The molecule has 0 saturated heterocycles. The summed E-state index contributed by atoms with van der Waals surface area (Å²) in [6.07, 6.45) is 4.39. The van der Waals surface area contributed by atoms with Gasteiger partial charge in [0.25, 0.3) is 0 Å². The number of aryl methyl sites for hydroxylation is 1. The van der Waals surface area contributed by atoms with Gasteiger partial charge in [-0.1, -0.05) is 30.3 Å². The summed E-state index contributed by atoms with van der Waals surface area (Å²) in [5, 5.41) is 12.1. The second kappa shape index (κ2) is 7.80. The molecule has 29 heavy (non-hydrogen) atoms. The fourth-order valence-electron chi connectivity index (χ4n) is 3.75. The van der Waals surface area contributed by atoms with E-state index in [1.54, 1.807) is 25.4 Å². The van der Waals surface area contributed by atoms with Crippen LogP contribution in [0.3, 0.4) is 0 Å². The molecule has 1 fully saturated rings. The Morgan fingerprint density at radius 1 is 1.28 bits per heavy atom. The minimum atomic E-state index is -0.402. The van der Waals surface area contributed by atoms with Crippen LogP contribution >= 0.6 is 0 Å². The Morgan fingerprint density at radius 2 is 2.03 bits per heavy atom. The maximum absolute atomic E-state index is 13.1. The molecule has 1 aromatic heterocycles. The number of nitriles is 1. The van der Waals surface area contributed by atoms with Crippen molar-refractivity contribution in [3.05, 3.63) is 83.4 Å². The van der Waals surface area contributed by atoms with Crippen LogP contribution in [0.2, 0.25) is 0 Å². The number of aromatic nitrogens is 2. The number of para-hydroxylation sites is 1. The van der Waals surface area contributed by atoms with E-state index in [-0.39, 0.29) is 17.7 Å². The van der Waals surface area contributed by atoms with Gasteiger partial charge in [0.15, 0.2) is 0 Å². The van der Waals surface area contributed by atoms with Crippen molar-refractivity contribution in [1.82, 2.24) is 14.9 Å². The highest BCUT2D eigenvalue weighted by Crippen LogP contribution is 2.48. The van der Waals surface area contributed by atoms with Gasteiger partial charge in [0, 0.05) is 30.9 Å². The average molecular weight is 386 g/mol. The van der Waals surface area contributed by atoms with E-state index in [2.05, 4.69) is 16.4 Å². The predicted octanol–water partition coefficient (Wildman–Crippen LogP) is 3.31. The second-order valence-corrected chi connectivity index (χ2v) is 7.26. The lowest BCUT2D eigenvalue weighted by atomic mass is 10.0. The molecule has 0 aliphatic heterocycles. The minimum absolute atomic E-state index is 0.00161. The molecule has 1 saturated carbocycles. The standard InChI is InChI=1S/C23H22N4O2/c1-27-12-11-25-22(27)21(17-5-3-4-6-20(17)29-2)26-23(28)19-13-18(19)16-9-7-15(14-24)8-10-16/h3-12,18-19,21H,13H2,1-2H3,(H,26,28). The first-order chi connectivity index (χ1) is 14.1. The highest BCUT2D eigenvalue weighted by Gasteiger charge is 2.44. The summed E-state index contributed by atoms with van der Waals surface area (Å²) in [6, 6.07) is 16.9. The van der Waals surface area contributed by atoms with Crippen LogP contribution in [-0.4, -0.2) is 22.6 Å². The summed E-state index contributed by atoms with van der Waals surface area (Å²) in [5.74, 6) is 1.56. The Hall–Kier alpha value is -3.59. The fraction of sp³-hybridized carbons (Fsp3) is 0.261. The highest BCUT2D eigenvalue weighted by molar-refractivity contribution is 5.83. The Kier molecular flexibility index (Phi) is 5.05. The van der Waals surface area contributed by atoms with E-state index in [9.17, 15) is 4.79 Å². The molecule has 0 bridgehead atoms. The van der Waals surface area contributed by atoms with Crippen molar-refractivity contribution in [3.63, 3.8) is 0 Å². The van der Waals surface area contributed by atoms with Crippen LogP contribution in [0.15, 0.2) is 60.9 Å². The van der Waals surface area contributed by atoms with Crippen LogP contribution in [-0.2, 0) is 11.8 Å². The van der Waals surface area contributed by atoms with Crippen LogP contribution in [0.5, 0.6) is 5.75 Å². The van der Waals surface area contributed by atoms with Gasteiger partial charge in [0.2, 0.25) is 5.91 Å². The number of hydrogen-bond donors (Lipinski definition) is 1. The van der Waals surface area contributed by atoms with Gasteiger partial charge in [-0.25, -0.2) is 4.98 Å². The number of methoxy groups -OCH3 is 1. The van der Waals surface area contributed by atoms with Gasteiger partial charge in [-0.05, 0) is 36.1 Å². The van der Waals surface area contributed by atoms with E-state index >= 15 is 0 Å². The van der Waals surface area contributed by atoms with E-state index in [1.165, 1.54) is 0 Å². The molecule has 0 spiro atoms. The zero-order chi connectivity index (χ0) is 20.4. The van der Waals surface area contributed by atoms with Crippen molar-refractivity contribution >= 4 is 5.91 Å². The first kappa shape index (κ1) is 18.8. The fourth-order valence-corrected chi connectivity index (χ4v) is 3.75. The van der Waals surface area contributed by atoms with Gasteiger partial charge in [-0.3, -0.25) is 4.79 Å². The van der Waals surface area contributed by atoms with Crippen LogP contribution in [0, 0.1) is 17.2 Å². The molecular weight excluding hydrogens is 364 g/mol. The largest absolute Gasteiger partial charge is 0.496 e. The number of amides is 1. The van der Waals surface area contributed by atoms with E-state index in [1.807, 2.05) is 54.2 Å². The second-order valence-electron chi connectivity index (χ2n) is 7.26. The third-order valence-electron chi connectivity index (χ3n) is 5.45. The number of rotatable bonds is 6. The zero-order valence-electron chi connectivity index (χ0n) is 16.4. The van der Waals surface area contributed by atoms with Gasteiger partial charge >= 0.3 is 0 Å². The maximum Gasteiger partial charge on any atom is 0.224 e. The lowest BCUT2D eigenvalue weighted by Crippen LogP contribution is -2.32. The molecular formula is C23H22N4O2. The van der Waals surface area contributed by atoms with Crippen molar-refractivity contribution in [1.29, 1.82) is 5.26 Å². The van der Waals surface area contributed by atoms with Crippen molar-refractivity contribution in [2.24, 2.45) is 13.0 Å². The van der Waals surface area contributed by atoms with E-state index in [0.29, 0.717) is 11.3 Å². The summed E-state index contributed by atoms with van der Waals surface area (Å²) >= 11 is 0. The zero-order valence-corrected chi connectivity index (χ0v) is 16.4. The van der Waals surface area contributed by atoms with E-state index < -0.39 is 6.04 Å². The Morgan fingerprint density at radius 3 is 2.69 bits per heavy atom. The first-order valence-corrected chi connectivity index (χ1v) is 9.53. The Bertz CT molecular complexity index is 1060. The number of carbonyl (C=O) groups excluding carboxylic acids is 1. The van der Waals surface area contributed by atoms with Crippen LogP contribution in [0.4, 0.5) is 0 Å². The molecule has 3 atom stereocenters. The number of ether oxygens (including phenoxy) is 1. The number of hydrogen-bond acceptors (Lipinski definition) is 4. The first-order valence-electron chi connectivity index (χ1n) is 9.53. The summed E-state index contributed by atoms with van der Waals surface area (Å²) in [6.45, 7) is 0. The van der Waals surface area contributed by atoms with Crippen LogP contribution in [0.25, 0.3) is 0 Å². The maximum atomic E-state index is 13.1. The van der Waals surface area contributed by atoms with Crippen LogP contribution < -0.4 is 10.1 Å². The Balaban J connectivity index is 1.56. The third-order valence-corrected chi connectivity index (χ3v) is 5.45. The van der Waals surface area contributed by atoms with E-state index in [4.69, 9.17) is 10.00 Å². The molecule has 0 radical (unpaired) electrons. The van der Waals surface area contributed by atoms with Gasteiger partial charge in [-0.15, -0.1) is 0 Å². The van der Waals surface area contributed by atoms with Gasteiger partial charge in [-0.2, -0.15) is 5.26 Å². The number of nitrogens with one attached hydrogen (secondary N) is 1. The predicted molar refractivity (Wildman–Crippen MR) is 108 cm³/mol. The van der Waals surface area contributed by atoms with Gasteiger partial charge in [0.1, 0.15) is 17.6 Å². The van der Waals surface area contributed by atoms with Gasteiger partial charge < -0.3 is 14.6 Å². The summed E-state index contributed by atoms with van der Waals surface area (Å²) in [4.78, 5) is 17.5. The monoisotopic (exact) mass is 386 g/mol. The summed E-state index contributed by atoms with van der Waals surface area (Å²) in [5.41, 5.74) is 2.59. The van der Waals surface area contributed by atoms with Gasteiger partial charge in [0.05, 0.1) is 18.7 Å². The molecule has 1 amide bonds. The third kappa shape index (κ3) is 3.72. The number of imidazole rings is 1. The molecule has 2 aromatic carbocycles. The number of nitrogens with zero attached hydrogens (tertiary/aromatic N) is 3. The summed E-state index contributed by atoms with van der Waals surface area (Å²) < 4.78 is 7.42. The lowest BCUT2D eigenvalue weighted by molar-refractivity contribution is -0.123. The molecule has 1 heterocycles. The molecule has 6 heteroatoms. The van der Waals surface area contributed by atoms with Crippen molar-refractivity contribution in [2.75, 3.05) is 7.11 Å². The SMILES string of the molecule is COc1ccccc1C(NC(=O)C1CC1c1ccc(C#N)cc1)c1nccn1C.